The van der Waals surface area contributed by atoms with Gasteiger partial charge in [0.15, 0.2) is 0 Å². The molecule has 244 valence electrons. The highest BCUT2D eigenvalue weighted by atomic mass is 28.4. The smallest absolute Gasteiger partial charge is 0.306 e. The molecule has 1 aliphatic carbocycles. The number of hydrogen-bond acceptors (Lipinski definition) is 4. The van der Waals surface area contributed by atoms with E-state index >= 15 is 0 Å². The second-order valence-corrected chi connectivity index (χ2v) is 18.5. The first-order chi connectivity index (χ1) is 23.3. The molecule has 4 nitrogen and oxygen atoms in total. The van der Waals surface area contributed by atoms with Crippen molar-refractivity contribution in [3.05, 3.63) is 168 Å². The summed E-state index contributed by atoms with van der Waals surface area (Å²) in [5.41, 5.74) is 2.30. The first kappa shape index (κ1) is 32.3. The zero-order valence-corrected chi connectivity index (χ0v) is 29.0. The fraction of sp³-hybridized carbons (Fsp3) is 0.279. The van der Waals surface area contributed by atoms with Crippen LogP contribution >= 0.6 is 0 Å². The van der Waals surface area contributed by atoms with E-state index in [0.29, 0.717) is 19.4 Å². The van der Waals surface area contributed by atoms with E-state index in [1.165, 1.54) is 10.4 Å². The van der Waals surface area contributed by atoms with E-state index in [9.17, 15) is 4.79 Å². The van der Waals surface area contributed by atoms with E-state index in [1.54, 1.807) is 0 Å². The fourth-order valence-electron chi connectivity index (χ4n) is 8.23. The Balaban J connectivity index is 1.34. The first-order valence-corrected chi connectivity index (χ1v) is 19.0. The van der Waals surface area contributed by atoms with Gasteiger partial charge in [-0.1, -0.05) is 172 Å². The third-order valence-electron chi connectivity index (χ3n) is 10.4. The second kappa shape index (κ2) is 13.3. The molecule has 5 aromatic carbocycles. The maximum atomic E-state index is 12.8. The van der Waals surface area contributed by atoms with Crippen LogP contribution in [-0.2, 0) is 24.3 Å². The molecule has 0 bridgehead atoms. The number of carbonyl (C=O) groups is 1. The lowest BCUT2D eigenvalue weighted by atomic mass is 9.79. The summed E-state index contributed by atoms with van der Waals surface area (Å²) in [4.78, 5) is 12.8. The largest absolute Gasteiger partial charge is 0.462 e. The molecular weight excluding hydrogens is 609 g/mol. The van der Waals surface area contributed by atoms with Crippen molar-refractivity contribution in [3.8, 4) is 0 Å². The van der Waals surface area contributed by atoms with E-state index in [2.05, 4.69) is 154 Å². The fourth-order valence-corrected chi connectivity index (χ4v) is 13.0. The van der Waals surface area contributed by atoms with Crippen molar-refractivity contribution in [2.45, 2.75) is 56.5 Å². The summed E-state index contributed by atoms with van der Waals surface area (Å²) in [6.07, 6.45) is 0.687. The molecule has 0 aromatic heterocycles. The van der Waals surface area contributed by atoms with E-state index in [4.69, 9.17) is 13.9 Å². The average Bonchev–Trinajstić information content (AvgIpc) is 3.64. The van der Waals surface area contributed by atoms with Gasteiger partial charge in [0.05, 0.1) is 19.1 Å². The van der Waals surface area contributed by atoms with Crippen molar-refractivity contribution >= 4 is 24.7 Å². The van der Waals surface area contributed by atoms with Gasteiger partial charge in [-0.3, -0.25) is 4.79 Å². The zero-order valence-electron chi connectivity index (χ0n) is 28.0. The van der Waals surface area contributed by atoms with Crippen LogP contribution in [0.5, 0.6) is 0 Å². The summed E-state index contributed by atoms with van der Waals surface area (Å²) >= 11 is 0. The lowest BCUT2D eigenvalue weighted by Crippen LogP contribution is -2.68. The number of rotatable bonds is 10. The Morgan fingerprint density at radius 1 is 0.646 bits per heavy atom. The van der Waals surface area contributed by atoms with Crippen LogP contribution in [0.15, 0.2) is 152 Å². The van der Waals surface area contributed by atoms with Gasteiger partial charge in [0, 0.05) is 18.3 Å². The van der Waals surface area contributed by atoms with E-state index in [1.807, 2.05) is 18.2 Å². The summed E-state index contributed by atoms with van der Waals surface area (Å²) in [7, 11) is -2.88. The molecule has 0 radical (unpaired) electrons. The molecule has 0 N–H and O–H groups in total. The lowest BCUT2D eigenvalue weighted by molar-refractivity contribution is -0.141. The van der Waals surface area contributed by atoms with Gasteiger partial charge in [-0.2, -0.15) is 0 Å². The standard InChI is InChI=1S/C43H44O4Si/c1-42(2,3)48(35-25-15-7-16-26-35,36-27-17-8-18-28-36)47-40-30-39-37(29-41(44)46-39)38(40)31-45-43(32-19-9-4-10-20-32,33-21-11-5-12-22-33)34-23-13-6-14-24-34/h4-28,37-40H,29-31H2,1-3H3/t37-,38-,39+,40-/m1/s1. The van der Waals surface area contributed by atoms with Crippen molar-refractivity contribution in [1.29, 1.82) is 0 Å². The number of hydrogen-bond donors (Lipinski definition) is 0. The maximum absolute atomic E-state index is 12.8. The Bertz CT molecular complexity index is 1650. The SMILES string of the molecule is CC(C)(C)[Si](O[C@@H]1C[C@@H]2OC(=O)C[C@@H]2[C@H]1COC(c1ccccc1)(c1ccccc1)c1ccccc1)(c1ccccc1)c1ccccc1. The summed E-state index contributed by atoms with van der Waals surface area (Å²) in [5, 5.41) is 2.30. The van der Waals surface area contributed by atoms with Crippen LogP contribution in [0.1, 0.15) is 50.3 Å². The molecule has 1 saturated heterocycles. The average molecular weight is 653 g/mol. The minimum Gasteiger partial charge on any atom is -0.462 e. The van der Waals surface area contributed by atoms with Crippen molar-refractivity contribution in [3.63, 3.8) is 0 Å². The maximum Gasteiger partial charge on any atom is 0.306 e. The number of carbonyl (C=O) groups excluding carboxylic acids is 1. The van der Waals surface area contributed by atoms with Crippen molar-refractivity contribution < 1.29 is 18.7 Å². The molecule has 0 amide bonds. The van der Waals surface area contributed by atoms with Gasteiger partial charge >= 0.3 is 5.97 Å². The summed E-state index contributed by atoms with van der Waals surface area (Å²) in [6.45, 7) is 7.34. The van der Waals surface area contributed by atoms with Crippen molar-refractivity contribution in [1.82, 2.24) is 0 Å². The topological polar surface area (TPSA) is 44.8 Å². The van der Waals surface area contributed by atoms with Crippen molar-refractivity contribution in [2.24, 2.45) is 11.8 Å². The summed E-state index contributed by atoms with van der Waals surface area (Å²) in [5.74, 6) is -0.168. The quantitative estimate of drug-likeness (QED) is 0.0875. The number of fused-ring (bicyclic) bond motifs is 1. The minimum absolute atomic E-state index is 0.0146. The van der Waals surface area contributed by atoms with Crippen LogP contribution in [0.3, 0.4) is 0 Å². The van der Waals surface area contributed by atoms with Gasteiger partial charge in [0.1, 0.15) is 11.7 Å². The van der Waals surface area contributed by atoms with Gasteiger partial charge in [-0.15, -0.1) is 0 Å². The Morgan fingerprint density at radius 3 is 1.48 bits per heavy atom. The normalized spacial score (nSPS) is 21.1. The van der Waals surface area contributed by atoms with Crippen LogP contribution in [0.2, 0.25) is 5.04 Å². The monoisotopic (exact) mass is 652 g/mol. The van der Waals surface area contributed by atoms with Crippen LogP contribution < -0.4 is 10.4 Å². The van der Waals surface area contributed by atoms with Gasteiger partial charge in [0.2, 0.25) is 0 Å². The Hall–Kier alpha value is -4.29. The molecule has 0 unspecified atom stereocenters. The summed E-state index contributed by atoms with van der Waals surface area (Å²) < 4.78 is 21.2. The molecular formula is C43H44O4Si. The zero-order chi connectivity index (χ0) is 33.2. The highest BCUT2D eigenvalue weighted by Gasteiger charge is 2.57. The highest BCUT2D eigenvalue weighted by molar-refractivity contribution is 6.99. The molecule has 5 aromatic rings. The molecule has 4 atom stereocenters. The second-order valence-electron chi connectivity index (χ2n) is 14.2. The minimum atomic E-state index is -2.88. The van der Waals surface area contributed by atoms with Crippen LogP contribution in [-0.4, -0.2) is 33.1 Å². The van der Waals surface area contributed by atoms with Crippen LogP contribution in [0, 0.1) is 11.8 Å². The molecule has 5 heteroatoms. The molecule has 48 heavy (non-hydrogen) atoms. The van der Waals surface area contributed by atoms with Gasteiger partial charge in [0.25, 0.3) is 8.32 Å². The van der Waals surface area contributed by atoms with Gasteiger partial charge < -0.3 is 13.9 Å². The summed E-state index contributed by atoms with van der Waals surface area (Å²) in [6, 6.07) is 53.0. The molecule has 1 aliphatic heterocycles. The van der Waals surface area contributed by atoms with Gasteiger partial charge in [-0.25, -0.2) is 0 Å². The number of benzene rings is 5. The number of ether oxygens (including phenoxy) is 2. The molecule has 2 fully saturated rings. The van der Waals surface area contributed by atoms with E-state index in [0.717, 1.165) is 16.7 Å². The first-order valence-electron chi connectivity index (χ1n) is 17.1. The predicted molar refractivity (Wildman–Crippen MR) is 194 cm³/mol. The third-order valence-corrected chi connectivity index (χ3v) is 15.5. The Morgan fingerprint density at radius 2 is 1.06 bits per heavy atom. The van der Waals surface area contributed by atoms with Crippen molar-refractivity contribution in [2.75, 3.05) is 6.61 Å². The lowest BCUT2D eigenvalue weighted by Gasteiger charge is -2.46. The van der Waals surface area contributed by atoms with Gasteiger partial charge in [-0.05, 0) is 32.1 Å². The molecule has 0 spiro atoms. The Labute approximate surface area is 285 Å². The third kappa shape index (κ3) is 5.74. The van der Waals surface area contributed by atoms with Crippen LogP contribution in [0.4, 0.5) is 0 Å². The molecule has 2 aliphatic rings. The predicted octanol–water partition coefficient (Wildman–Crippen LogP) is 7.89. The Kier molecular flexibility index (Phi) is 8.95. The molecule has 7 rings (SSSR count). The van der Waals surface area contributed by atoms with E-state index < -0.39 is 13.9 Å². The number of esters is 1. The highest BCUT2D eigenvalue weighted by Crippen LogP contribution is 2.49. The molecule has 1 heterocycles. The molecule has 1 saturated carbocycles. The van der Waals surface area contributed by atoms with E-state index in [-0.39, 0.29) is 35.1 Å². The van der Waals surface area contributed by atoms with Crippen LogP contribution in [0.25, 0.3) is 0 Å².